The van der Waals surface area contributed by atoms with Crippen LogP contribution in [0.4, 0.5) is 10.1 Å². The Morgan fingerprint density at radius 1 is 1.20 bits per heavy atom. The van der Waals surface area contributed by atoms with Crippen LogP contribution in [0.15, 0.2) is 53.4 Å². The zero-order valence-electron chi connectivity index (χ0n) is 11.4. The van der Waals surface area contributed by atoms with Gasteiger partial charge >= 0.3 is 0 Å². The van der Waals surface area contributed by atoms with Gasteiger partial charge in [0.05, 0.1) is 5.25 Å². The Morgan fingerprint density at radius 3 is 2.65 bits per heavy atom. The summed E-state index contributed by atoms with van der Waals surface area (Å²) in [7, 11) is 0. The number of anilines is 1. The molecule has 0 fully saturated rings. The van der Waals surface area contributed by atoms with E-state index in [0.29, 0.717) is 5.69 Å². The highest BCUT2D eigenvalue weighted by Crippen LogP contribution is 2.27. The first-order chi connectivity index (χ1) is 9.56. The molecule has 1 N–H and O–H groups in total. The average molecular weight is 289 g/mol. The number of hydrogen-bond donors (Lipinski definition) is 1. The molecule has 20 heavy (non-hydrogen) atoms. The van der Waals surface area contributed by atoms with Crippen molar-refractivity contribution in [3.8, 4) is 0 Å². The molecule has 2 nitrogen and oxygen atoms in total. The number of thioether (sulfide) groups is 1. The van der Waals surface area contributed by atoms with E-state index in [9.17, 15) is 9.18 Å². The van der Waals surface area contributed by atoms with E-state index in [1.54, 1.807) is 12.1 Å². The molecule has 0 saturated heterocycles. The van der Waals surface area contributed by atoms with Crippen LogP contribution in [0.3, 0.4) is 0 Å². The number of aryl methyl sites for hydroxylation is 1. The van der Waals surface area contributed by atoms with Crippen LogP contribution in [-0.2, 0) is 4.79 Å². The summed E-state index contributed by atoms with van der Waals surface area (Å²) in [6, 6.07) is 13.8. The van der Waals surface area contributed by atoms with Crippen LogP contribution in [0, 0.1) is 12.7 Å². The molecule has 0 aromatic heterocycles. The van der Waals surface area contributed by atoms with Crippen LogP contribution >= 0.6 is 11.8 Å². The zero-order chi connectivity index (χ0) is 14.5. The molecule has 0 radical (unpaired) electrons. The minimum Gasteiger partial charge on any atom is -0.325 e. The molecule has 0 bridgehead atoms. The molecule has 2 aromatic rings. The highest BCUT2D eigenvalue weighted by molar-refractivity contribution is 8.00. The van der Waals surface area contributed by atoms with Gasteiger partial charge in [-0.1, -0.05) is 24.3 Å². The first-order valence-electron chi connectivity index (χ1n) is 6.35. The maximum Gasteiger partial charge on any atom is 0.237 e. The molecule has 0 saturated carbocycles. The lowest BCUT2D eigenvalue weighted by Gasteiger charge is -2.13. The third-order valence-corrected chi connectivity index (χ3v) is 4.14. The molecule has 0 spiro atoms. The van der Waals surface area contributed by atoms with Gasteiger partial charge in [-0.3, -0.25) is 4.79 Å². The maximum atomic E-state index is 13.1. The van der Waals surface area contributed by atoms with Crippen LogP contribution in [0.25, 0.3) is 0 Å². The number of halogens is 1. The molecule has 4 heteroatoms. The topological polar surface area (TPSA) is 29.1 Å². The van der Waals surface area contributed by atoms with Crippen molar-refractivity contribution in [1.82, 2.24) is 0 Å². The third-order valence-electron chi connectivity index (χ3n) is 2.86. The molecule has 0 aliphatic heterocycles. The van der Waals surface area contributed by atoms with E-state index >= 15 is 0 Å². The van der Waals surface area contributed by atoms with Crippen molar-refractivity contribution in [2.75, 3.05) is 5.32 Å². The Balaban J connectivity index is 2.01. The Bertz CT molecular complexity index is 615. The van der Waals surface area contributed by atoms with Crippen molar-refractivity contribution in [1.29, 1.82) is 0 Å². The number of carbonyl (C=O) groups excluding carboxylic acids is 1. The molecular weight excluding hydrogens is 273 g/mol. The lowest BCUT2D eigenvalue weighted by molar-refractivity contribution is -0.115. The van der Waals surface area contributed by atoms with E-state index in [1.165, 1.54) is 23.9 Å². The fourth-order valence-electron chi connectivity index (χ4n) is 1.74. The summed E-state index contributed by atoms with van der Waals surface area (Å²) in [5.74, 6) is -0.495. The average Bonchev–Trinajstić information content (AvgIpc) is 2.41. The molecule has 1 unspecified atom stereocenters. The van der Waals surface area contributed by atoms with Crippen LogP contribution in [0.5, 0.6) is 0 Å². The molecular formula is C16H16FNOS. The van der Waals surface area contributed by atoms with Gasteiger partial charge in [0.25, 0.3) is 0 Å². The summed E-state index contributed by atoms with van der Waals surface area (Å²) in [6.45, 7) is 3.85. The second-order valence-corrected chi connectivity index (χ2v) is 5.91. The van der Waals surface area contributed by atoms with Gasteiger partial charge in [-0.25, -0.2) is 4.39 Å². The number of benzene rings is 2. The largest absolute Gasteiger partial charge is 0.325 e. The zero-order valence-corrected chi connectivity index (χ0v) is 12.2. The van der Waals surface area contributed by atoms with Gasteiger partial charge in [0.1, 0.15) is 5.82 Å². The van der Waals surface area contributed by atoms with Gasteiger partial charge in [-0.2, -0.15) is 0 Å². The molecule has 0 aliphatic rings. The summed E-state index contributed by atoms with van der Waals surface area (Å²) in [6.07, 6.45) is 0. The summed E-state index contributed by atoms with van der Waals surface area (Å²) in [4.78, 5) is 13.2. The van der Waals surface area contributed by atoms with Gasteiger partial charge in [0, 0.05) is 10.6 Å². The van der Waals surface area contributed by atoms with E-state index in [2.05, 4.69) is 5.32 Å². The monoisotopic (exact) mass is 289 g/mol. The van der Waals surface area contributed by atoms with Crippen molar-refractivity contribution in [2.45, 2.75) is 24.0 Å². The standard InChI is InChI=1S/C16H16FNOS/c1-11-6-3-4-9-15(11)20-12(2)16(19)18-14-8-5-7-13(17)10-14/h3-10,12H,1-2H3,(H,18,19). The van der Waals surface area contributed by atoms with E-state index in [0.717, 1.165) is 10.5 Å². The molecule has 2 rings (SSSR count). The Kier molecular flexibility index (Phi) is 4.79. The van der Waals surface area contributed by atoms with Crippen LogP contribution < -0.4 is 5.32 Å². The number of hydrogen-bond acceptors (Lipinski definition) is 2. The quantitative estimate of drug-likeness (QED) is 0.852. The summed E-state index contributed by atoms with van der Waals surface area (Å²) >= 11 is 1.50. The Labute approximate surface area is 122 Å². The second-order valence-electron chi connectivity index (χ2n) is 4.53. The van der Waals surface area contributed by atoms with Gasteiger partial charge in [-0.05, 0) is 43.7 Å². The summed E-state index contributed by atoms with van der Waals surface area (Å²) < 4.78 is 13.1. The number of amides is 1. The van der Waals surface area contributed by atoms with Gasteiger partial charge < -0.3 is 5.32 Å². The van der Waals surface area contributed by atoms with Crippen molar-refractivity contribution in [3.05, 3.63) is 59.9 Å². The number of carbonyl (C=O) groups is 1. The predicted octanol–water partition coefficient (Wildman–Crippen LogP) is 4.25. The molecule has 0 aliphatic carbocycles. The second kappa shape index (κ2) is 6.57. The van der Waals surface area contributed by atoms with Crippen LogP contribution in [0.2, 0.25) is 0 Å². The normalized spacial score (nSPS) is 11.9. The van der Waals surface area contributed by atoms with Crippen LogP contribution in [0.1, 0.15) is 12.5 Å². The van der Waals surface area contributed by atoms with E-state index in [-0.39, 0.29) is 17.0 Å². The number of rotatable bonds is 4. The molecule has 104 valence electrons. The lowest BCUT2D eigenvalue weighted by Crippen LogP contribution is -2.22. The minimum absolute atomic E-state index is 0.135. The van der Waals surface area contributed by atoms with Gasteiger partial charge in [0.15, 0.2) is 0 Å². The Morgan fingerprint density at radius 2 is 1.95 bits per heavy atom. The van der Waals surface area contributed by atoms with E-state index in [1.807, 2.05) is 38.1 Å². The van der Waals surface area contributed by atoms with Crippen LogP contribution in [-0.4, -0.2) is 11.2 Å². The number of nitrogens with one attached hydrogen (secondary N) is 1. The Hall–Kier alpha value is -1.81. The van der Waals surface area contributed by atoms with E-state index < -0.39 is 0 Å². The highest BCUT2D eigenvalue weighted by atomic mass is 32.2. The maximum absolute atomic E-state index is 13.1. The summed E-state index contributed by atoms with van der Waals surface area (Å²) in [5, 5.41) is 2.47. The molecule has 0 heterocycles. The third kappa shape index (κ3) is 3.84. The van der Waals surface area contributed by atoms with Gasteiger partial charge in [-0.15, -0.1) is 11.8 Å². The fourth-order valence-corrected chi connectivity index (χ4v) is 2.70. The first kappa shape index (κ1) is 14.6. The van der Waals surface area contributed by atoms with Gasteiger partial charge in [0.2, 0.25) is 5.91 Å². The molecule has 2 aromatic carbocycles. The van der Waals surface area contributed by atoms with Crippen molar-refractivity contribution < 1.29 is 9.18 Å². The van der Waals surface area contributed by atoms with Crippen molar-refractivity contribution in [2.24, 2.45) is 0 Å². The van der Waals surface area contributed by atoms with Crippen molar-refractivity contribution >= 4 is 23.4 Å². The summed E-state index contributed by atoms with van der Waals surface area (Å²) in [5.41, 5.74) is 1.62. The fraction of sp³-hybridized carbons (Fsp3) is 0.188. The van der Waals surface area contributed by atoms with Crippen molar-refractivity contribution in [3.63, 3.8) is 0 Å². The highest BCUT2D eigenvalue weighted by Gasteiger charge is 2.15. The minimum atomic E-state index is -0.359. The lowest BCUT2D eigenvalue weighted by atomic mass is 10.2. The smallest absolute Gasteiger partial charge is 0.237 e. The predicted molar refractivity (Wildman–Crippen MR) is 81.5 cm³/mol. The SMILES string of the molecule is Cc1ccccc1SC(C)C(=O)Nc1cccc(F)c1. The first-order valence-corrected chi connectivity index (χ1v) is 7.23. The molecule has 1 amide bonds. The molecule has 1 atom stereocenters. The van der Waals surface area contributed by atoms with E-state index in [4.69, 9.17) is 0 Å².